The number of carbonyl (C=O) groups excluding carboxylic acids is 1. The Morgan fingerprint density at radius 3 is 2.70 bits per heavy atom. The molecule has 0 radical (unpaired) electrons. The van der Waals surface area contributed by atoms with Gasteiger partial charge in [0.1, 0.15) is 0 Å². The van der Waals surface area contributed by atoms with Gasteiger partial charge in [-0.1, -0.05) is 6.07 Å². The molecule has 0 atom stereocenters. The number of hydrogen-bond donors (Lipinski definition) is 2. The Hall–Kier alpha value is -1.55. The van der Waals surface area contributed by atoms with Crippen LogP contribution in [0.5, 0.6) is 0 Å². The van der Waals surface area contributed by atoms with Crippen molar-refractivity contribution in [3.63, 3.8) is 0 Å². The Bertz CT molecular complexity index is 453. The Balaban J connectivity index is 2.02. The lowest BCUT2D eigenvalue weighted by molar-refractivity contribution is -0.120. The molecule has 1 fully saturated rings. The number of nitrogens with one attached hydrogen (secondary N) is 2. The molecule has 1 aromatic carbocycles. The van der Waals surface area contributed by atoms with E-state index in [0.29, 0.717) is 6.04 Å². The molecule has 110 valence electrons. The molecule has 0 saturated carbocycles. The van der Waals surface area contributed by atoms with Gasteiger partial charge in [0.15, 0.2) is 0 Å². The van der Waals surface area contributed by atoms with Gasteiger partial charge in [0.05, 0.1) is 0 Å². The molecule has 1 amide bonds. The fourth-order valence-corrected chi connectivity index (χ4v) is 2.43. The normalized spacial score (nSPS) is 16.2. The third-order valence-corrected chi connectivity index (χ3v) is 4.01. The second-order valence-corrected chi connectivity index (χ2v) is 5.77. The van der Waals surface area contributed by atoms with Crippen LogP contribution in [0, 0.1) is 5.92 Å². The molecule has 1 saturated heterocycles. The molecular weight excluding hydrogens is 250 g/mol. The van der Waals surface area contributed by atoms with Gasteiger partial charge in [-0.25, -0.2) is 0 Å². The van der Waals surface area contributed by atoms with Gasteiger partial charge >= 0.3 is 0 Å². The van der Waals surface area contributed by atoms with Crippen LogP contribution in [0.2, 0.25) is 0 Å². The number of amides is 1. The summed E-state index contributed by atoms with van der Waals surface area (Å²) in [5.41, 5.74) is 2.02. The standard InChI is InChI=1S/C16H25N3O/c1-12(2)19(3)15-6-4-5-14(11-15)18-16(20)13-7-9-17-10-8-13/h4-6,11-13,17H,7-10H2,1-3H3,(H,18,20). The molecule has 20 heavy (non-hydrogen) atoms. The molecule has 4 nitrogen and oxygen atoms in total. The highest BCUT2D eigenvalue weighted by molar-refractivity contribution is 5.93. The summed E-state index contributed by atoms with van der Waals surface area (Å²) in [4.78, 5) is 14.4. The summed E-state index contributed by atoms with van der Waals surface area (Å²) in [6.07, 6.45) is 1.86. The molecule has 0 unspecified atom stereocenters. The lowest BCUT2D eigenvalue weighted by atomic mass is 9.97. The number of piperidine rings is 1. The maximum atomic E-state index is 12.2. The van der Waals surface area contributed by atoms with E-state index in [0.717, 1.165) is 37.3 Å². The first-order valence-corrected chi connectivity index (χ1v) is 7.42. The van der Waals surface area contributed by atoms with Crippen LogP contribution in [0.15, 0.2) is 24.3 Å². The van der Waals surface area contributed by atoms with E-state index in [-0.39, 0.29) is 11.8 Å². The number of hydrogen-bond acceptors (Lipinski definition) is 3. The first-order chi connectivity index (χ1) is 9.58. The van der Waals surface area contributed by atoms with Crippen molar-refractivity contribution in [3.8, 4) is 0 Å². The molecule has 1 aliphatic heterocycles. The molecule has 1 aliphatic rings. The predicted octanol–water partition coefficient (Wildman–Crippen LogP) is 2.47. The van der Waals surface area contributed by atoms with E-state index in [1.807, 2.05) is 18.2 Å². The summed E-state index contributed by atoms with van der Waals surface area (Å²) < 4.78 is 0. The molecule has 2 N–H and O–H groups in total. The minimum Gasteiger partial charge on any atom is -0.372 e. The summed E-state index contributed by atoms with van der Waals surface area (Å²) in [7, 11) is 2.07. The lowest BCUT2D eigenvalue weighted by Crippen LogP contribution is -2.34. The van der Waals surface area contributed by atoms with Crippen LogP contribution in [-0.2, 0) is 4.79 Å². The third kappa shape index (κ3) is 3.73. The number of benzene rings is 1. The minimum absolute atomic E-state index is 0.141. The van der Waals surface area contributed by atoms with Crippen molar-refractivity contribution in [2.75, 3.05) is 30.4 Å². The quantitative estimate of drug-likeness (QED) is 0.887. The molecule has 0 spiro atoms. The Labute approximate surface area is 121 Å². The molecule has 4 heteroatoms. The van der Waals surface area contributed by atoms with Crippen molar-refractivity contribution in [1.82, 2.24) is 5.32 Å². The van der Waals surface area contributed by atoms with Crippen LogP contribution in [-0.4, -0.2) is 32.1 Å². The van der Waals surface area contributed by atoms with Crippen molar-refractivity contribution in [1.29, 1.82) is 0 Å². The van der Waals surface area contributed by atoms with Crippen LogP contribution in [0.3, 0.4) is 0 Å². The van der Waals surface area contributed by atoms with E-state index in [1.54, 1.807) is 0 Å². The maximum absolute atomic E-state index is 12.2. The molecule has 0 aromatic heterocycles. The second kappa shape index (κ2) is 6.75. The van der Waals surface area contributed by atoms with Crippen molar-refractivity contribution < 1.29 is 4.79 Å². The Morgan fingerprint density at radius 1 is 1.35 bits per heavy atom. The average molecular weight is 275 g/mol. The third-order valence-electron chi connectivity index (χ3n) is 4.01. The van der Waals surface area contributed by atoms with Crippen molar-refractivity contribution in [3.05, 3.63) is 24.3 Å². The van der Waals surface area contributed by atoms with E-state index in [4.69, 9.17) is 0 Å². The average Bonchev–Trinajstić information content (AvgIpc) is 2.47. The monoisotopic (exact) mass is 275 g/mol. The molecular formula is C16H25N3O. The van der Waals surface area contributed by atoms with Crippen LogP contribution in [0.1, 0.15) is 26.7 Å². The van der Waals surface area contributed by atoms with Gasteiger partial charge in [-0.15, -0.1) is 0 Å². The van der Waals surface area contributed by atoms with Gasteiger partial charge in [0, 0.05) is 30.4 Å². The fraction of sp³-hybridized carbons (Fsp3) is 0.562. The number of anilines is 2. The zero-order valence-corrected chi connectivity index (χ0v) is 12.6. The van der Waals surface area contributed by atoms with E-state index in [2.05, 4.69) is 42.5 Å². The SMILES string of the molecule is CC(C)N(C)c1cccc(NC(=O)C2CCNCC2)c1. The van der Waals surface area contributed by atoms with E-state index in [9.17, 15) is 4.79 Å². The number of nitrogens with zero attached hydrogens (tertiary/aromatic N) is 1. The summed E-state index contributed by atoms with van der Waals surface area (Å²) in [5.74, 6) is 0.290. The van der Waals surface area contributed by atoms with Crippen LogP contribution >= 0.6 is 0 Å². The maximum Gasteiger partial charge on any atom is 0.227 e. The highest BCUT2D eigenvalue weighted by Gasteiger charge is 2.20. The summed E-state index contributed by atoms with van der Waals surface area (Å²) in [6.45, 7) is 6.18. The lowest BCUT2D eigenvalue weighted by Gasteiger charge is -2.25. The minimum atomic E-state index is 0.141. The van der Waals surface area contributed by atoms with Crippen molar-refractivity contribution >= 4 is 17.3 Å². The van der Waals surface area contributed by atoms with E-state index < -0.39 is 0 Å². The zero-order valence-electron chi connectivity index (χ0n) is 12.6. The summed E-state index contributed by atoms with van der Waals surface area (Å²) >= 11 is 0. The topological polar surface area (TPSA) is 44.4 Å². The number of carbonyl (C=O) groups is 1. The van der Waals surface area contributed by atoms with Crippen molar-refractivity contribution in [2.24, 2.45) is 5.92 Å². The van der Waals surface area contributed by atoms with Gasteiger partial charge < -0.3 is 15.5 Å². The summed E-state index contributed by atoms with van der Waals surface area (Å²) in [5, 5.41) is 6.34. The summed E-state index contributed by atoms with van der Waals surface area (Å²) in [6, 6.07) is 8.49. The highest BCUT2D eigenvalue weighted by Crippen LogP contribution is 2.21. The largest absolute Gasteiger partial charge is 0.372 e. The first kappa shape index (κ1) is 14.9. The Morgan fingerprint density at radius 2 is 2.05 bits per heavy atom. The number of rotatable bonds is 4. The molecule has 2 rings (SSSR count). The molecule has 1 heterocycles. The molecule has 1 aromatic rings. The van der Waals surface area contributed by atoms with Gasteiger partial charge in [-0.3, -0.25) is 4.79 Å². The smallest absolute Gasteiger partial charge is 0.227 e. The predicted molar refractivity (Wildman–Crippen MR) is 84.2 cm³/mol. The van der Waals surface area contributed by atoms with Crippen LogP contribution < -0.4 is 15.5 Å². The van der Waals surface area contributed by atoms with Gasteiger partial charge in [-0.2, -0.15) is 0 Å². The van der Waals surface area contributed by atoms with Gasteiger partial charge in [-0.05, 0) is 58.0 Å². The fourth-order valence-electron chi connectivity index (χ4n) is 2.43. The molecule has 0 bridgehead atoms. The van der Waals surface area contributed by atoms with E-state index >= 15 is 0 Å². The van der Waals surface area contributed by atoms with Crippen LogP contribution in [0.4, 0.5) is 11.4 Å². The zero-order chi connectivity index (χ0) is 14.5. The second-order valence-electron chi connectivity index (χ2n) is 5.77. The van der Waals surface area contributed by atoms with Gasteiger partial charge in [0.2, 0.25) is 5.91 Å². The Kier molecular flexibility index (Phi) is 5.01. The molecule has 0 aliphatic carbocycles. The van der Waals surface area contributed by atoms with Crippen molar-refractivity contribution in [2.45, 2.75) is 32.7 Å². The first-order valence-electron chi connectivity index (χ1n) is 7.42. The van der Waals surface area contributed by atoms with Gasteiger partial charge in [0.25, 0.3) is 0 Å². The highest BCUT2D eigenvalue weighted by atomic mass is 16.1. The van der Waals surface area contributed by atoms with Crippen LogP contribution in [0.25, 0.3) is 0 Å². The van der Waals surface area contributed by atoms with E-state index in [1.165, 1.54) is 0 Å².